The van der Waals surface area contributed by atoms with Gasteiger partial charge in [-0.1, -0.05) is 85.8 Å². The molecule has 1 aliphatic rings. The van der Waals surface area contributed by atoms with E-state index in [4.69, 9.17) is 0 Å². The second kappa shape index (κ2) is 7.84. The van der Waals surface area contributed by atoms with Crippen LogP contribution in [0.3, 0.4) is 0 Å². The number of halogens is 1. The first-order valence-corrected chi connectivity index (χ1v) is 9.87. The van der Waals surface area contributed by atoms with Gasteiger partial charge in [-0.2, -0.15) is 0 Å². The lowest BCUT2D eigenvalue weighted by atomic mass is 9.64. The van der Waals surface area contributed by atoms with Gasteiger partial charge in [0, 0.05) is 10.5 Å². The standard InChI is InChI=1S/C25H22FNO3/c1-17-21(20-14-8-9-15-22(20)26)16-25(28,19-12-6-3-7-13-19)24(27(29)30)23(17)18-10-4-2-5-11-18/h2-17,23-24,28H,1H3/t17-,23+,24+,25+/m0/s1. The van der Waals surface area contributed by atoms with Crippen molar-refractivity contribution in [3.05, 3.63) is 124 Å². The van der Waals surface area contributed by atoms with E-state index in [0.717, 1.165) is 5.56 Å². The lowest BCUT2D eigenvalue weighted by Crippen LogP contribution is -2.51. The Hall–Kier alpha value is -3.31. The molecule has 5 heteroatoms. The molecule has 0 spiro atoms. The summed E-state index contributed by atoms with van der Waals surface area (Å²) in [5.74, 6) is -1.45. The SMILES string of the molecule is C[C@H]1C(c2ccccc2F)=C[C@@](O)(c2ccccc2)[C@H]([N+](=O)[O-])[C@H]1c1ccccc1. The highest BCUT2D eigenvalue weighted by Crippen LogP contribution is 2.50. The number of nitro groups is 1. The summed E-state index contributed by atoms with van der Waals surface area (Å²) in [5.41, 5.74) is 0.167. The highest BCUT2D eigenvalue weighted by molar-refractivity contribution is 5.72. The molecule has 3 aromatic rings. The average Bonchev–Trinajstić information content (AvgIpc) is 2.76. The molecule has 152 valence electrons. The van der Waals surface area contributed by atoms with Crippen LogP contribution in [0.4, 0.5) is 4.39 Å². The molecule has 0 heterocycles. The Bertz CT molecular complexity index is 1080. The van der Waals surface area contributed by atoms with E-state index in [0.29, 0.717) is 16.7 Å². The third-order valence-electron chi connectivity index (χ3n) is 6.03. The third kappa shape index (κ3) is 3.31. The van der Waals surface area contributed by atoms with Gasteiger partial charge in [-0.3, -0.25) is 10.1 Å². The predicted octanol–water partition coefficient (Wildman–Crippen LogP) is 5.18. The molecule has 0 saturated carbocycles. The maximum atomic E-state index is 14.7. The van der Waals surface area contributed by atoms with E-state index < -0.39 is 28.3 Å². The van der Waals surface area contributed by atoms with Crippen LogP contribution in [0.25, 0.3) is 5.57 Å². The minimum absolute atomic E-state index is 0.349. The van der Waals surface area contributed by atoms with Crippen molar-refractivity contribution in [1.29, 1.82) is 0 Å². The van der Waals surface area contributed by atoms with E-state index in [9.17, 15) is 19.6 Å². The summed E-state index contributed by atoms with van der Waals surface area (Å²) in [7, 11) is 0. The van der Waals surface area contributed by atoms with Crippen molar-refractivity contribution in [3.63, 3.8) is 0 Å². The maximum Gasteiger partial charge on any atom is 0.256 e. The van der Waals surface area contributed by atoms with Crippen molar-refractivity contribution in [2.45, 2.75) is 24.5 Å². The molecular formula is C25H22FNO3. The molecule has 0 fully saturated rings. The quantitative estimate of drug-likeness (QED) is 0.482. The Morgan fingerprint density at radius 1 is 0.933 bits per heavy atom. The lowest BCUT2D eigenvalue weighted by Gasteiger charge is -2.42. The summed E-state index contributed by atoms with van der Waals surface area (Å²) >= 11 is 0. The van der Waals surface area contributed by atoms with Crippen LogP contribution in [0, 0.1) is 21.8 Å². The van der Waals surface area contributed by atoms with Crippen LogP contribution in [0.2, 0.25) is 0 Å². The highest BCUT2D eigenvalue weighted by Gasteiger charge is 2.56. The lowest BCUT2D eigenvalue weighted by molar-refractivity contribution is -0.550. The molecule has 4 atom stereocenters. The first-order valence-electron chi connectivity index (χ1n) is 9.87. The molecule has 0 radical (unpaired) electrons. The van der Waals surface area contributed by atoms with Crippen molar-refractivity contribution >= 4 is 5.57 Å². The second-order valence-corrected chi connectivity index (χ2v) is 7.73. The van der Waals surface area contributed by atoms with Gasteiger partial charge < -0.3 is 5.11 Å². The zero-order valence-electron chi connectivity index (χ0n) is 16.5. The number of aliphatic hydroxyl groups is 1. The molecule has 0 amide bonds. The molecule has 30 heavy (non-hydrogen) atoms. The van der Waals surface area contributed by atoms with E-state index in [1.165, 1.54) is 12.1 Å². The number of hydrogen-bond acceptors (Lipinski definition) is 3. The molecule has 4 rings (SSSR count). The fourth-order valence-corrected chi connectivity index (χ4v) is 4.61. The van der Waals surface area contributed by atoms with Gasteiger partial charge in [-0.25, -0.2) is 4.39 Å². The summed E-state index contributed by atoms with van der Waals surface area (Å²) < 4.78 is 14.7. The van der Waals surface area contributed by atoms with E-state index in [1.807, 2.05) is 37.3 Å². The molecular weight excluding hydrogens is 381 g/mol. The van der Waals surface area contributed by atoms with E-state index >= 15 is 0 Å². The number of allylic oxidation sites excluding steroid dienone is 1. The van der Waals surface area contributed by atoms with Gasteiger partial charge in [0.05, 0.1) is 5.92 Å². The minimum Gasteiger partial charge on any atom is -0.374 e. The Labute approximate surface area is 174 Å². The summed E-state index contributed by atoms with van der Waals surface area (Å²) in [4.78, 5) is 11.9. The summed E-state index contributed by atoms with van der Waals surface area (Å²) in [6, 6.07) is 22.7. The Kier molecular flexibility index (Phi) is 5.22. The minimum atomic E-state index is -1.89. The van der Waals surface area contributed by atoms with Crippen LogP contribution in [-0.2, 0) is 5.60 Å². The fourth-order valence-electron chi connectivity index (χ4n) is 4.61. The normalized spacial score (nSPS) is 26.1. The van der Waals surface area contributed by atoms with Gasteiger partial charge in [0.15, 0.2) is 5.60 Å². The number of nitrogens with zero attached hydrogens (tertiary/aromatic N) is 1. The molecule has 3 aromatic carbocycles. The molecule has 1 aliphatic carbocycles. The Morgan fingerprint density at radius 3 is 2.10 bits per heavy atom. The first-order chi connectivity index (χ1) is 14.4. The summed E-state index contributed by atoms with van der Waals surface area (Å²) in [6.45, 7) is 1.86. The van der Waals surface area contributed by atoms with Crippen LogP contribution < -0.4 is 0 Å². The molecule has 0 saturated heterocycles. The monoisotopic (exact) mass is 403 g/mol. The highest BCUT2D eigenvalue weighted by atomic mass is 19.1. The smallest absolute Gasteiger partial charge is 0.256 e. The largest absolute Gasteiger partial charge is 0.374 e. The van der Waals surface area contributed by atoms with Gasteiger partial charge in [0.25, 0.3) is 6.04 Å². The molecule has 0 aliphatic heterocycles. The molecule has 1 N–H and O–H groups in total. The van der Waals surface area contributed by atoms with Crippen molar-refractivity contribution in [1.82, 2.24) is 0 Å². The van der Waals surface area contributed by atoms with Crippen molar-refractivity contribution in [2.75, 3.05) is 0 Å². The molecule has 0 aromatic heterocycles. The topological polar surface area (TPSA) is 63.4 Å². The van der Waals surface area contributed by atoms with Crippen molar-refractivity contribution in [3.8, 4) is 0 Å². The van der Waals surface area contributed by atoms with Gasteiger partial charge >= 0.3 is 0 Å². The van der Waals surface area contributed by atoms with Gasteiger partial charge in [-0.15, -0.1) is 0 Å². The van der Waals surface area contributed by atoms with Crippen LogP contribution in [0.1, 0.15) is 29.5 Å². The second-order valence-electron chi connectivity index (χ2n) is 7.73. The number of hydrogen-bond donors (Lipinski definition) is 1. The zero-order chi connectivity index (χ0) is 21.3. The van der Waals surface area contributed by atoms with E-state index in [2.05, 4.69) is 0 Å². The molecule has 0 unspecified atom stereocenters. The Balaban J connectivity index is 2.01. The fraction of sp³-hybridized carbons (Fsp3) is 0.200. The van der Waals surface area contributed by atoms with Gasteiger partial charge in [0.1, 0.15) is 5.82 Å². The van der Waals surface area contributed by atoms with Crippen LogP contribution >= 0.6 is 0 Å². The molecule has 4 nitrogen and oxygen atoms in total. The van der Waals surface area contributed by atoms with Gasteiger partial charge in [-0.05, 0) is 34.8 Å². The summed E-state index contributed by atoms with van der Waals surface area (Å²) in [6.07, 6.45) is 1.48. The Morgan fingerprint density at radius 2 is 1.50 bits per heavy atom. The average molecular weight is 403 g/mol. The number of rotatable bonds is 4. The van der Waals surface area contributed by atoms with E-state index in [-0.39, 0.29) is 5.92 Å². The third-order valence-corrected chi connectivity index (χ3v) is 6.03. The van der Waals surface area contributed by atoms with Crippen LogP contribution in [-0.4, -0.2) is 16.1 Å². The van der Waals surface area contributed by atoms with E-state index in [1.54, 1.807) is 48.5 Å². The first kappa shape index (κ1) is 20.0. The van der Waals surface area contributed by atoms with Crippen LogP contribution in [0.15, 0.2) is 91.0 Å². The predicted molar refractivity (Wildman–Crippen MR) is 114 cm³/mol. The van der Waals surface area contributed by atoms with Crippen molar-refractivity contribution < 1.29 is 14.4 Å². The maximum absolute atomic E-state index is 14.7. The van der Waals surface area contributed by atoms with Crippen molar-refractivity contribution in [2.24, 2.45) is 5.92 Å². The van der Waals surface area contributed by atoms with Gasteiger partial charge in [0.2, 0.25) is 0 Å². The molecule has 0 bridgehead atoms. The summed E-state index contributed by atoms with van der Waals surface area (Å²) in [5, 5.41) is 24.1. The zero-order valence-corrected chi connectivity index (χ0v) is 16.5. The number of benzene rings is 3. The van der Waals surface area contributed by atoms with Crippen LogP contribution in [0.5, 0.6) is 0 Å².